The van der Waals surface area contributed by atoms with Gasteiger partial charge in [-0.2, -0.15) is 0 Å². The molecule has 0 spiro atoms. The number of phenolic OH excluding ortho intramolecular Hbond substituents is 1. The summed E-state index contributed by atoms with van der Waals surface area (Å²) < 4.78 is 31.5. The molecule has 0 radical (unpaired) electrons. The zero-order valence-corrected chi connectivity index (χ0v) is 20.6. The number of ether oxygens (including phenoxy) is 6. The number of aliphatic hydroxyl groups excluding tert-OH is 5. The Morgan fingerprint density at radius 1 is 1.00 bits per heavy atom. The average molecular weight is 537 g/mol. The van der Waals surface area contributed by atoms with Gasteiger partial charge in [0, 0.05) is 31.2 Å². The normalized spacial score (nSPS) is 28.7. The summed E-state index contributed by atoms with van der Waals surface area (Å²) in [4.78, 5) is 11.2. The van der Waals surface area contributed by atoms with Crippen molar-refractivity contribution in [2.45, 2.75) is 43.7 Å². The van der Waals surface area contributed by atoms with E-state index in [0.717, 1.165) is 13.0 Å². The van der Waals surface area contributed by atoms with E-state index in [1.807, 2.05) is 0 Å². The van der Waals surface area contributed by atoms with Crippen LogP contribution in [-0.2, 0) is 19.0 Å². The lowest BCUT2D eigenvalue weighted by Gasteiger charge is -2.40. The molecule has 0 bridgehead atoms. The molecule has 1 aromatic carbocycles. The van der Waals surface area contributed by atoms with E-state index in [1.54, 1.807) is 0 Å². The van der Waals surface area contributed by atoms with Gasteiger partial charge >= 0.3 is 11.7 Å². The number of aromatic hydroxyl groups is 1. The molecule has 2 aliphatic heterocycles. The Bertz CT molecular complexity index is 1190. The predicted octanol–water partition coefficient (Wildman–Crippen LogP) is 0.199. The van der Waals surface area contributed by atoms with Gasteiger partial charge in [0.05, 0.1) is 31.4 Å². The molecule has 1 aliphatic carbocycles. The Morgan fingerprint density at radius 3 is 2.26 bits per heavy atom. The zero-order valence-electron chi connectivity index (χ0n) is 20.6. The van der Waals surface area contributed by atoms with Crippen molar-refractivity contribution in [3.63, 3.8) is 0 Å². The molecule has 3 aliphatic rings. The standard InChI is InChI=1S/C25H28O13/c1-10(26)35-9-19-21(30)22(31)23(32)25(38-19)37-18-8-13-14(28)6-12(27)7-15(13)36-24(18)11-4-16(33-2)20(29)17(5-11)34-3/h4-8,15,19,21-23,25,27-32H,9H2,1-3H3/p+1/t15?,19-,21+,22+,23-,25?/m1/s1. The lowest BCUT2D eigenvalue weighted by Crippen LogP contribution is -2.59. The third-order valence-corrected chi connectivity index (χ3v) is 6.13. The Morgan fingerprint density at radius 2 is 1.66 bits per heavy atom. The number of allylic oxidation sites excluding steroid dienone is 2. The number of phenols is 1. The van der Waals surface area contributed by atoms with E-state index >= 15 is 0 Å². The Labute approximate surface area is 216 Å². The maximum absolute atomic E-state index is 11.2. The number of hydrogen-bond acceptors (Lipinski definition) is 12. The Balaban J connectivity index is 1.77. The second kappa shape index (κ2) is 10.8. The van der Waals surface area contributed by atoms with Gasteiger partial charge in [-0.1, -0.05) is 0 Å². The van der Waals surface area contributed by atoms with Crippen molar-refractivity contribution in [1.29, 1.82) is 0 Å². The highest BCUT2D eigenvalue weighted by Gasteiger charge is 2.47. The number of carbonyl (C=O) groups excluding carboxylic acids is 1. The van der Waals surface area contributed by atoms with Crippen LogP contribution in [0.1, 0.15) is 12.5 Å². The van der Waals surface area contributed by atoms with Crippen molar-refractivity contribution in [2.24, 2.45) is 0 Å². The highest BCUT2D eigenvalue weighted by molar-refractivity contribution is 5.71. The number of hydrogen-bond donors (Lipinski definition) is 6. The van der Waals surface area contributed by atoms with Gasteiger partial charge < -0.3 is 59.1 Å². The minimum Gasteiger partial charge on any atom is -0.571 e. The summed E-state index contributed by atoms with van der Waals surface area (Å²) in [5.74, 6) is -1.22. The molecular formula is C25H29O13+. The molecule has 2 heterocycles. The quantitative estimate of drug-likeness (QED) is 0.204. The van der Waals surface area contributed by atoms with E-state index in [1.165, 1.54) is 38.5 Å². The van der Waals surface area contributed by atoms with Gasteiger partial charge in [0.25, 0.3) is 0 Å². The van der Waals surface area contributed by atoms with Crippen LogP contribution in [0.15, 0.2) is 53.2 Å². The van der Waals surface area contributed by atoms with Crippen molar-refractivity contribution in [1.82, 2.24) is 0 Å². The number of benzene rings is 1. The first kappa shape index (κ1) is 27.1. The molecule has 13 heteroatoms. The van der Waals surface area contributed by atoms with Gasteiger partial charge in [-0.05, 0) is 0 Å². The molecule has 13 nitrogen and oxygen atoms in total. The molecule has 38 heavy (non-hydrogen) atoms. The summed E-state index contributed by atoms with van der Waals surface area (Å²) in [6.07, 6.45) is -4.74. The van der Waals surface area contributed by atoms with Gasteiger partial charge in [-0.3, -0.25) is 4.79 Å². The maximum Gasteiger partial charge on any atom is 0.305 e. The van der Waals surface area contributed by atoms with Gasteiger partial charge in [0.1, 0.15) is 42.5 Å². The fourth-order valence-corrected chi connectivity index (χ4v) is 4.17. The smallest absolute Gasteiger partial charge is 0.305 e. The third-order valence-electron chi connectivity index (χ3n) is 6.13. The van der Waals surface area contributed by atoms with Gasteiger partial charge in [0.2, 0.25) is 23.9 Å². The van der Waals surface area contributed by atoms with E-state index < -0.39 is 49.4 Å². The number of esters is 1. The van der Waals surface area contributed by atoms with E-state index in [-0.39, 0.29) is 45.9 Å². The molecule has 2 unspecified atom stereocenters. The van der Waals surface area contributed by atoms with Crippen molar-refractivity contribution >= 4 is 11.7 Å². The zero-order chi connectivity index (χ0) is 27.7. The van der Waals surface area contributed by atoms with E-state index in [0.29, 0.717) is 5.56 Å². The number of aliphatic hydroxyl groups is 7. The SMILES string of the molecule is COc1cc(C2=C(OC3O[C@H](COC(C)=O)[C@H](O)[C@H](O)[C@H]3O)C=C3C(O)=CC(O)=CC3[OH+]2)cc(OC)c1O. The summed E-state index contributed by atoms with van der Waals surface area (Å²) in [6, 6.07) is 2.89. The van der Waals surface area contributed by atoms with E-state index in [4.69, 9.17) is 23.7 Å². The van der Waals surface area contributed by atoms with Crippen molar-refractivity contribution in [3.8, 4) is 17.2 Å². The molecule has 6 atom stereocenters. The molecule has 7 N–H and O–H groups in total. The largest absolute Gasteiger partial charge is 0.571 e. The van der Waals surface area contributed by atoms with Crippen LogP contribution in [0.4, 0.5) is 0 Å². The minimum atomic E-state index is -1.73. The van der Waals surface area contributed by atoms with Crippen molar-refractivity contribution < 1.29 is 63.9 Å². The molecule has 1 saturated heterocycles. The van der Waals surface area contributed by atoms with Crippen molar-refractivity contribution in [3.05, 3.63) is 58.8 Å². The predicted molar refractivity (Wildman–Crippen MR) is 128 cm³/mol. The maximum atomic E-state index is 11.2. The monoisotopic (exact) mass is 537 g/mol. The van der Waals surface area contributed by atoms with Gasteiger partial charge in [0.15, 0.2) is 11.5 Å². The van der Waals surface area contributed by atoms with Crippen LogP contribution in [0.2, 0.25) is 0 Å². The summed E-state index contributed by atoms with van der Waals surface area (Å²) in [5, 5.41) is 62.0. The summed E-state index contributed by atoms with van der Waals surface area (Å²) in [5.41, 5.74) is 0.577. The first-order valence-corrected chi connectivity index (χ1v) is 11.5. The van der Waals surface area contributed by atoms with Crippen LogP contribution in [0.3, 0.4) is 0 Å². The van der Waals surface area contributed by atoms with Crippen LogP contribution in [0, 0.1) is 0 Å². The second-order valence-electron chi connectivity index (χ2n) is 8.67. The number of rotatable bonds is 7. The second-order valence-corrected chi connectivity index (χ2v) is 8.67. The molecule has 1 fully saturated rings. The lowest BCUT2D eigenvalue weighted by atomic mass is 9.96. The minimum absolute atomic E-state index is 0.0420. The Kier molecular flexibility index (Phi) is 7.73. The van der Waals surface area contributed by atoms with Crippen LogP contribution in [0.5, 0.6) is 17.2 Å². The molecular weight excluding hydrogens is 508 g/mol. The topological polar surface area (TPSA) is 197 Å². The van der Waals surface area contributed by atoms with E-state index in [2.05, 4.69) is 4.74 Å². The first-order valence-electron chi connectivity index (χ1n) is 11.5. The van der Waals surface area contributed by atoms with Crippen LogP contribution < -0.4 is 9.47 Å². The van der Waals surface area contributed by atoms with Crippen LogP contribution in [0.25, 0.3) is 5.76 Å². The fourth-order valence-electron chi connectivity index (χ4n) is 4.17. The molecule has 0 amide bonds. The van der Waals surface area contributed by atoms with Crippen molar-refractivity contribution in [2.75, 3.05) is 20.8 Å². The summed E-state index contributed by atoms with van der Waals surface area (Å²) in [6.45, 7) is 0.744. The van der Waals surface area contributed by atoms with Gasteiger partial charge in [-0.15, -0.1) is 0 Å². The highest BCUT2D eigenvalue weighted by Crippen LogP contribution is 2.42. The van der Waals surface area contributed by atoms with E-state index in [9.17, 15) is 35.4 Å². The van der Waals surface area contributed by atoms with Crippen LogP contribution >= 0.6 is 0 Å². The fraction of sp³-hybridized carbons (Fsp3) is 0.400. The lowest BCUT2D eigenvalue weighted by molar-refractivity contribution is -0.291. The van der Waals surface area contributed by atoms with Gasteiger partial charge in [-0.25, -0.2) is 0 Å². The van der Waals surface area contributed by atoms with Crippen LogP contribution in [-0.4, -0.2) is 99.0 Å². The highest BCUT2D eigenvalue weighted by atomic mass is 16.7. The molecule has 206 valence electrons. The summed E-state index contributed by atoms with van der Waals surface area (Å²) in [7, 11) is 2.68. The number of fused-ring (bicyclic) bond motifs is 1. The molecule has 4 rings (SSSR count). The molecule has 1 aromatic rings. The number of carbonyl (C=O) groups is 1. The summed E-state index contributed by atoms with van der Waals surface area (Å²) >= 11 is 0. The number of methoxy groups -OCH3 is 2. The third kappa shape index (κ3) is 5.22. The average Bonchev–Trinajstić information content (AvgIpc) is 2.88. The first-order chi connectivity index (χ1) is 18.0. The molecule has 0 aromatic heterocycles. The molecule has 0 saturated carbocycles. The Hall–Kier alpha value is -3.91.